The quantitative estimate of drug-likeness (QED) is 0.723. The highest BCUT2D eigenvalue weighted by molar-refractivity contribution is 5.24. The van der Waals surface area contributed by atoms with Crippen molar-refractivity contribution in [2.24, 2.45) is 5.92 Å². The number of nitrogens with one attached hydrogen (secondary N) is 1. The van der Waals surface area contributed by atoms with Crippen LogP contribution in [0.1, 0.15) is 44.1 Å². The molecule has 2 N–H and O–H groups in total. The minimum absolute atomic E-state index is 0.0836. The van der Waals surface area contributed by atoms with E-state index in [-0.39, 0.29) is 6.61 Å². The second-order valence-corrected chi connectivity index (χ2v) is 6.19. The van der Waals surface area contributed by atoms with Crippen molar-refractivity contribution in [3.63, 3.8) is 0 Å². The predicted molar refractivity (Wildman–Crippen MR) is 86.3 cm³/mol. The number of hydrogen-bond donors (Lipinski definition) is 2. The number of ether oxygens (including phenoxy) is 1. The third-order valence-electron chi connectivity index (χ3n) is 4.83. The van der Waals surface area contributed by atoms with Crippen LogP contribution in [0.3, 0.4) is 0 Å². The molecule has 21 heavy (non-hydrogen) atoms. The predicted octanol–water partition coefficient (Wildman–Crippen LogP) is 3.08. The SMILES string of the molecule is CNC(CO)(CCOCC1CCCCC1)c1ccccc1. The van der Waals surface area contributed by atoms with Crippen molar-refractivity contribution in [1.29, 1.82) is 0 Å². The molecule has 1 saturated carbocycles. The standard InChI is InChI=1S/C18H29NO2/c1-19-18(15-20,17-10-6-3-7-11-17)12-13-21-14-16-8-4-2-5-9-16/h3,6-7,10-11,16,19-20H,2,4-5,8-9,12-15H2,1H3. The van der Waals surface area contributed by atoms with Crippen LogP contribution in [0.5, 0.6) is 0 Å². The van der Waals surface area contributed by atoms with E-state index >= 15 is 0 Å². The van der Waals surface area contributed by atoms with Crippen LogP contribution in [-0.4, -0.2) is 32.0 Å². The second kappa shape index (κ2) is 8.52. The van der Waals surface area contributed by atoms with Crippen molar-refractivity contribution in [3.05, 3.63) is 35.9 Å². The third kappa shape index (κ3) is 4.53. The van der Waals surface area contributed by atoms with E-state index in [1.54, 1.807) is 0 Å². The molecule has 1 aliphatic rings. The van der Waals surface area contributed by atoms with Crippen LogP contribution in [0.15, 0.2) is 30.3 Å². The van der Waals surface area contributed by atoms with Gasteiger partial charge < -0.3 is 15.2 Å². The van der Waals surface area contributed by atoms with E-state index in [9.17, 15) is 5.11 Å². The Bertz CT molecular complexity index is 383. The molecule has 3 heteroatoms. The molecule has 0 amide bonds. The van der Waals surface area contributed by atoms with E-state index < -0.39 is 5.54 Å². The van der Waals surface area contributed by atoms with Gasteiger partial charge >= 0.3 is 0 Å². The average Bonchev–Trinajstić information content (AvgIpc) is 2.57. The van der Waals surface area contributed by atoms with Gasteiger partial charge in [-0.3, -0.25) is 0 Å². The number of likely N-dealkylation sites (N-methyl/N-ethyl adjacent to an activating group) is 1. The van der Waals surface area contributed by atoms with Crippen molar-refractivity contribution < 1.29 is 9.84 Å². The smallest absolute Gasteiger partial charge is 0.0688 e. The van der Waals surface area contributed by atoms with Crippen LogP contribution in [-0.2, 0) is 10.3 Å². The lowest BCUT2D eigenvalue weighted by Crippen LogP contribution is -2.44. The molecule has 3 nitrogen and oxygen atoms in total. The molecule has 0 aromatic heterocycles. The van der Waals surface area contributed by atoms with Gasteiger partial charge in [-0.05, 0) is 37.8 Å². The van der Waals surface area contributed by atoms with E-state index in [1.807, 2.05) is 25.2 Å². The molecule has 0 bridgehead atoms. The first-order valence-corrected chi connectivity index (χ1v) is 8.24. The Morgan fingerprint density at radius 2 is 1.90 bits per heavy atom. The molecule has 1 aromatic carbocycles. The van der Waals surface area contributed by atoms with Gasteiger partial charge in [0.2, 0.25) is 0 Å². The highest BCUT2D eigenvalue weighted by atomic mass is 16.5. The number of rotatable bonds is 8. The Morgan fingerprint density at radius 3 is 2.52 bits per heavy atom. The summed E-state index contributed by atoms with van der Waals surface area (Å²) in [7, 11) is 1.91. The Hall–Kier alpha value is -0.900. The van der Waals surface area contributed by atoms with E-state index in [1.165, 1.54) is 32.1 Å². The van der Waals surface area contributed by atoms with Crippen LogP contribution in [0.4, 0.5) is 0 Å². The zero-order valence-electron chi connectivity index (χ0n) is 13.2. The maximum atomic E-state index is 9.86. The van der Waals surface area contributed by atoms with E-state index in [4.69, 9.17) is 4.74 Å². The number of benzene rings is 1. The van der Waals surface area contributed by atoms with Crippen molar-refractivity contribution >= 4 is 0 Å². The third-order valence-corrected chi connectivity index (χ3v) is 4.83. The molecular weight excluding hydrogens is 262 g/mol. The second-order valence-electron chi connectivity index (χ2n) is 6.19. The van der Waals surface area contributed by atoms with Gasteiger partial charge in [0.15, 0.2) is 0 Å². The van der Waals surface area contributed by atoms with Crippen LogP contribution in [0, 0.1) is 5.92 Å². The van der Waals surface area contributed by atoms with Gasteiger partial charge in [-0.15, -0.1) is 0 Å². The molecule has 0 radical (unpaired) electrons. The number of hydrogen-bond acceptors (Lipinski definition) is 3. The summed E-state index contributed by atoms with van der Waals surface area (Å²) >= 11 is 0. The molecule has 0 aliphatic heterocycles. The first-order valence-electron chi connectivity index (χ1n) is 8.24. The van der Waals surface area contributed by atoms with E-state index in [0.717, 1.165) is 24.5 Å². The fourth-order valence-corrected chi connectivity index (χ4v) is 3.27. The topological polar surface area (TPSA) is 41.5 Å². The van der Waals surface area contributed by atoms with E-state index in [2.05, 4.69) is 17.4 Å². The molecule has 2 rings (SSSR count). The Morgan fingerprint density at radius 1 is 1.19 bits per heavy atom. The van der Waals surface area contributed by atoms with E-state index in [0.29, 0.717) is 6.61 Å². The van der Waals surface area contributed by atoms with Crippen molar-refractivity contribution in [1.82, 2.24) is 5.32 Å². The van der Waals surface area contributed by atoms with Gasteiger partial charge in [-0.25, -0.2) is 0 Å². The zero-order valence-corrected chi connectivity index (χ0v) is 13.2. The Balaban J connectivity index is 1.82. The van der Waals surface area contributed by atoms with Crippen LogP contribution in [0.2, 0.25) is 0 Å². The molecular formula is C18H29NO2. The van der Waals surface area contributed by atoms with Crippen LogP contribution >= 0.6 is 0 Å². The van der Waals surface area contributed by atoms with Crippen molar-refractivity contribution in [2.75, 3.05) is 26.9 Å². The number of aliphatic hydroxyl groups is 1. The summed E-state index contributed by atoms with van der Waals surface area (Å²) < 4.78 is 5.90. The van der Waals surface area contributed by atoms with Crippen molar-refractivity contribution in [3.8, 4) is 0 Å². The van der Waals surface area contributed by atoms with Gasteiger partial charge in [0.1, 0.15) is 0 Å². The summed E-state index contributed by atoms with van der Waals surface area (Å²) in [4.78, 5) is 0. The van der Waals surface area contributed by atoms with Crippen molar-refractivity contribution in [2.45, 2.75) is 44.1 Å². The fraction of sp³-hybridized carbons (Fsp3) is 0.667. The molecule has 0 heterocycles. The molecule has 1 atom stereocenters. The highest BCUT2D eigenvalue weighted by Crippen LogP contribution is 2.26. The first kappa shape index (κ1) is 16.5. The normalized spacial score (nSPS) is 19.3. The Kier molecular flexibility index (Phi) is 6.68. The minimum atomic E-state index is -0.395. The lowest BCUT2D eigenvalue weighted by atomic mass is 9.87. The van der Waals surface area contributed by atoms with Gasteiger partial charge in [-0.1, -0.05) is 49.6 Å². The van der Waals surface area contributed by atoms with Gasteiger partial charge in [-0.2, -0.15) is 0 Å². The maximum absolute atomic E-state index is 9.86. The maximum Gasteiger partial charge on any atom is 0.0688 e. The van der Waals surface area contributed by atoms with Gasteiger partial charge in [0.05, 0.1) is 12.1 Å². The Labute approximate surface area is 128 Å². The molecule has 1 aromatic rings. The molecule has 1 aliphatic carbocycles. The largest absolute Gasteiger partial charge is 0.394 e. The molecule has 118 valence electrons. The zero-order chi connectivity index (χ0) is 15.0. The summed E-state index contributed by atoms with van der Waals surface area (Å²) in [5.41, 5.74) is 0.727. The summed E-state index contributed by atoms with van der Waals surface area (Å²) in [6.45, 7) is 1.65. The fourth-order valence-electron chi connectivity index (χ4n) is 3.27. The summed E-state index contributed by atoms with van der Waals surface area (Å²) in [5.74, 6) is 0.744. The van der Waals surface area contributed by atoms with Crippen LogP contribution < -0.4 is 5.32 Å². The lowest BCUT2D eigenvalue weighted by Gasteiger charge is -2.32. The monoisotopic (exact) mass is 291 g/mol. The number of aliphatic hydroxyl groups excluding tert-OH is 1. The molecule has 0 saturated heterocycles. The first-order chi connectivity index (χ1) is 10.3. The summed E-state index contributed by atoms with van der Waals surface area (Å²) in [6.07, 6.45) is 7.52. The highest BCUT2D eigenvalue weighted by Gasteiger charge is 2.29. The van der Waals surface area contributed by atoms with Gasteiger partial charge in [0, 0.05) is 13.2 Å². The average molecular weight is 291 g/mol. The van der Waals surface area contributed by atoms with Crippen LogP contribution in [0.25, 0.3) is 0 Å². The lowest BCUT2D eigenvalue weighted by molar-refractivity contribution is 0.0547. The molecule has 0 spiro atoms. The minimum Gasteiger partial charge on any atom is -0.394 e. The summed E-state index contributed by atoms with van der Waals surface area (Å²) in [6, 6.07) is 10.2. The summed E-state index contributed by atoms with van der Waals surface area (Å²) in [5, 5.41) is 13.1. The molecule has 1 unspecified atom stereocenters. The molecule has 1 fully saturated rings. The van der Waals surface area contributed by atoms with Gasteiger partial charge in [0.25, 0.3) is 0 Å².